The summed E-state index contributed by atoms with van der Waals surface area (Å²) in [6.45, 7) is 12.8. The van der Waals surface area contributed by atoms with Crippen molar-refractivity contribution >= 4 is 16.2 Å². The highest BCUT2D eigenvalue weighted by atomic mass is 32.2. The number of hydrogen-bond donors (Lipinski definition) is 1. The first-order valence-electron chi connectivity index (χ1n) is 20.3. The predicted molar refractivity (Wildman–Crippen MR) is 219 cm³/mol. The maximum Gasteiger partial charge on any atom is 0.407 e. The maximum atomic E-state index is 12.1. The first-order valence-corrected chi connectivity index (χ1v) is 21.7. The average molecular weight is 878 g/mol. The summed E-state index contributed by atoms with van der Waals surface area (Å²) in [5.41, 5.74) is 1.90. The molecule has 0 spiro atoms. The Balaban J connectivity index is 1.15. The molecule has 2 aromatic carbocycles. The summed E-state index contributed by atoms with van der Waals surface area (Å²) < 4.78 is 99.8. The molecule has 2 aromatic rings. The number of carbonyl (C=O) groups is 1. The van der Waals surface area contributed by atoms with Crippen molar-refractivity contribution in [2.24, 2.45) is 0 Å². The van der Waals surface area contributed by atoms with E-state index in [9.17, 15) is 13.2 Å². The molecule has 0 bridgehead atoms. The molecule has 2 rings (SSSR count). The average Bonchev–Trinajstić information content (AvgIpc) is 3.25. The summed E-state index contributed by atoms with van der Waals surface area (Å²) in [6.07, 6.45) is -0.476. The number of benzene rings is 2. The third-order valence-electron chi connectivity index (χ3n) is 7.60. The van der Waals surface area contributed by atoms with Gasteiger partial charge in [-0.1, -0.05) is 48.0 Å². The van der Waals surface area contributed by atoms with Crippen molar-refractivity contribution in [2.75, 3.05) is 172 Å². The Bertz CT molecular complexity index is 1360. The SMILES string of the molecule is Cc1ccc(S(=O)(=O)OCCOCCOCCOCCOCCOCCOCCOCCOCCOCCOCCOCCOCCNC(=O)OCc2ccccc2)cc1. The van der Waals surface area contributed by atoms with Gasteiger partial charge in [0.15, 0.2) is 0 Å². The second-order valence-corrected chi connectivity index (χ2v) is 14.0. The Kier molecular flexibility index (Phi) is 34.6. The monoisotopic (exact) mass is 877 g/mol. The molecule has 0 heterocycles. The molecule has 19 heteroatoms. The Morgan fingerprint density at radius 2 is 0.750 bits per heavy atom. The summed E-state index contributed by atoms with van der Waals surface area (Å²) in [4.78, 5) is 11.8. The molecular weight excluding hydrogens is 811 g/mol. The molecule has 0 aromatic heterocycles. The molecule has 0 saturated carbocycles. The molecule has 0 fully saturated rings. The lowest BCUT2D eigenvalue weighted by atomic mass is 10.2. The minimum atomic E-state index is -3.78. The number of rotatable bonds is 43. The molecule has 344 valence electrons. The van der Waals surface area contributed by atoms with Gasteiger partial charge in [0.05, 0.1) is 170 Å². The molecule has 0 radical (unpaired) electrons. The van der Waals surface area contributed by atoms with Gasteiger partial charge in [-0.05, 0) is 24.6 Å². The van der Waals surface area contributed by atoms with Gasteiger partial charge in [0, 0.05) is 6.54 Å². The van der Waals surface area contributed by atoms with Crippen LogP contribution in [0.5, 0.6) is 0 Å². The van der Waals surface area contributed by atoms with E-state index < -0.39 is 16.2 Å². The van der Waals surface area contributed by atoms with Crippen LogP contribution in [0.3, 0.4) is 0 Å². The molecule has 0 unspecified atom stereocenters. The minimum absolute atomic E-state index is 0.0664. The molecule has 0 aliphatic rings. The molecular formula is C41H67NO17S. The fourth-order valence-electron chi connectivity index (χ4n) is 4.50. The van der Waals surface area contributed by atoms with Crippen LogP contribution < -0.4 is 5.32 Å². The van der Waals surface area contributed by atoms with E-state index in [2.05, 4.69) is 5.32 Å². The second-order valence-electron chi connectivity index (χ2n) is 12.4. The number of aryl methyl sites for hydroxylation is 1. The van der Waals surface area contributed by atoms with Crippen molar-refractivity contribution in [3.05, 3.63) is 65.7 Å². The largest absolute Gasteiger partial charge is 0.445 e. The summed E-state index contributed by atoms with van der Waals surface area (Å²) in [5.74, 6) is 0. The summed E-state index contributed by atoms with van der Waals surface area (Å²) >= 11 is 0. The zero-order chi connectivity index (χ0) is 42.9. The van der Waals surface area contributed by atoms with Gasteiger partial charge in [-0.25, -0.2) is 4.79 Å². The third-order valence-corrected chi connectivity index (χ3v) is 8.92. The quantitative estimate of drug-likeness (QED) is 0.0755. The number of nitrogens with one attached hydrogen (secondary N) is 1. The maximum absolute atomic E-state index is 12.1. The number of alkyl carbamates (subject to hydrolysis) is 1. The normalized spacial score (nSPS) is 11.6. The number of carbonyl (C=O) groups excluding carboxylic acids is 1. The van der Waals surface area contributed by atoms with Gasteiger partial charge in [-0.2, -0.15) is 8.42 Å². The molecule has 0 aliphatic carbocycles. The lowest BCUT2D eigenvalue weighted by Gasteiger charge is -2.09. The molecule has 60 heavy (non-hydrogen) atoms. The van der Waals surface area contributed by atoms with Crippen LogP contribution in [0.4, 0.5) is 4.79 Å². The Hall–Kier alpha value is -2.86. The minimum Gasteiger partial charge on any atom is -0.445 e. The molecule has 18 nitrogen and oxygen atoms in total. The van der Waals surface area contributed by atoms with Crippen molar-refractivity contribution in [1.29, 1.82) is 0 Å². The summed E-state index contributed by atoms with van der Waals surface area (Å²) in [5, 5.41) is 2.64. The van der Waals surface area contributed by atoms with Gasteiger partial charge in [0.25, 0.3) is 10.1 Å². The second kappa shape index (κ2) is 39.0. The zero-order valence-corrected chi connectivity index (χ0v) is 36.0. The predicted octanol–water partition coefficient (Wildman–Crippen LogP) is 2.83. The van der Waals surface area contributed by atoms with Gasteiger partial charge in [-0.15, -0.1) is 0 Å². The Morgan fingerprint density at radius 3 is 1.10 bits per heavy atom. The molecule has 1 amide bonds. The van der Waals surface area contributed by atoms with Crippen LogP contribution in [-0.4, -0.2) is 186 Å². The van der Waals surface area contributed by atoms with E-state index in [4.69, 9.17) is 65.8 Å². The highest BCUT2D eigenvalue weighted by molar-refractivity contribution is 7.86. The van der Waals surface area contributed by atoms with Gasteiger partial charge in [0.1, 0.15) is 6.61 Å². The van der Waals surface area contributed by atoms with Crippen LogP contribution in [0.15, 0.2) is 59.5 Å². The van der Waals surface area contributed by atoms with Crippen molar-refractivity contribution in [1.82, 2.24) is 5.32 Å². The van der Waals surface area contributed by atoms with Crippen LogP contribution in [0.25, 0.3) is 0 Å². The lowest BCUT2D eigenvalue weighted by Crippen LogP contribution is -2.28. The highest BCUT2D eigenvalue weighted by Gasteiger charge is 2.14. The van der Waals surface area contributed by atoms with Gasteiger partial charge >= 0.3 is 6.09 Å². The Morgan fingerprint density at radius 1 is 0.433 bits per heavy atom. The molecule has 1 N–H and O–H groups in total. The van der Waals surface area contributed by atoms with E-state index in [1.807, 2.05) is 37.3 Å². The van der Waals surface area contributed by atoms with Crippen molar-refractivity contribution in [3.63, 3.8) is 0 Å². The van der Waals surface area contributed by atoms with Crippen molar-refractivity contribution in [2.45, 2.75) is 18.4 Å². The van der Waals surface area contributed by atoms with E-state index in [1.54, 1.807) is 12.1 Å². The Labute approximate surface area is 355 Å². The number of ether oxygens (including phenoxy) is 13. The first kappa shape index (κ1) is 53.3. The summed E-state index contributed by atoms with van der Waals surface area (Å²) in [7, 11) is -3.78. The molecule has 0 atom stereocenters. The summed E-state index contributed by atoms with van der Waals surface area (Å²) in [6, 6.07) is 16.0. The van der Waals surface area contributed by atoms with Gasteiger partial charge in [-0.3, -0.25) is 4.18 Å². The van der Waals surface area contributed by atoms with Crippen LogP contribution in [0.1, 0.15) is 11.1 Å². The van der Waals surface area contributed by atoms with Crippen LogP contribution in [0.2, 0.25) is 0 Å². The van der Waals surface area contributed by atoms with Crippen molar-refractivity contribution < 1.29 is 79.0 Å². The zero-order valence-electron chi connectivity index (χ0n) is 35.1. The third kappa shape index (κ3) is 32.9. The van der Waals surface area contributed by atoms with E-state index in [1.165, 1.54) is 12.1 Å². The van der Waals surface area contributed by atoms with E-state index in [0.717, 1.165) is 11.1 Å². The highest BCUT2D eigenvalue weighted by Crippen LogP contribution is 2.13. The number of hydrogen-bond acceptors (Lipinski definition) is 17. The standard InChI is InChI=1S/C41H67NO17S/c1-38-7-9-40(10-8-38)60(44,45)59-36-35-57-34-33-56-32-31-55-30-29-54-28-27-53-26-25-52-24-23-51-22-21-50-20-19-49-18-17-48-16-15-47-14-13-46-12-11-42-41(43)58-37-39-5-3-2-4-6-39/h2-10H,11-37H2,1H3,(H,42,43). The van der Waals surface area contributed by atoms with Crippen LogP contribution in [0, 0.1) is 6.92 Å². The van der Waals surface area contributed by atoms with Crippen LogP contribution in [-0.2, 0) is 82.5 Å². The van der Waals surface area contributed by atoms with Crippen LogP contribution >= 0.6 is 0 Å². The fourth-order valence-corrected chi connectivity index (χ4v) is 5.39. The lowest BCUT2D eigenvalue weighted by molar-refractivity contribution is -0.0285. The van der Waals surface area contributed by atoms with E-state index in [-0.39, 0.29) is 24.7 Å². The van der Waals surface area contributed by atoms with Gasteiger partial charge in [0.2, 0.25) is 0 Å². The smallest absolute Gasteiger partial charge is 0.407 e. The molecule has 0 saturated heterocycles. The molecule has 0 aliphatic heterocycles. The van der Waals surface area contributed by atoms with E-state index in [0.29, 0.717) is 159 Å². The van der Waals surface area contributed by atoms with Crippen molar-refractivity contribution in [3.8, 4) is 0 Å². The van der Waals surface area contributed by atoms with E-state index >= 15 is 0 Å². The topological polar surface area (TPSA) is 192 Å². The number of amides is 1. The first-order chi connectivity index (χ1) is 29.5. The van der Waals surface area contributed by atoms with Gasteiger partial charge < -0.3 is 66.9 Å². The fraction of sp³-hybridized carbons (Fsp3) is 0.683.